The maximum atomic E-state index is 5.58. The number of nitrogens with two attached hydrogens (primary N) is 1. The fourth-order valence-electron chi connectivity index (χ4n) is 1.23. The van der Waals surface area contributed by atoms with Gasteiger partial charge in [0.15, 0.2) is 0 Å². The van der Waals surface area contributed by atoms with E-state index in [-0.39, 0.29) is 0 Å². The van der Waals surface area contributed by atoms with E-state index in [1.165, 1.54) is 11.1 Å². The molecule has 2 rings (SSSR count). The van der Waals surface area contributed by atoms with Crippen molar-refractivity contribution in [3.05, 3.63) is 46.3 Å². The van der Waals surface area contributed by atoms with Gasteiger partial charge in [0, 0.05) is 6.20 Å². The molecule has 0 bridgehead atoms. The Bertz CT molecular complexity index is 382. The highest BCUT2D eigenvalue weighted by Crippen LogP contribution is 2.13. The van der Waals surface area contributed by atoms with Crippen molar-refractivity contribution in [2.45, 2.75) is 6.42 Å². The first kappa shape index (κ1) is 8.26. The number of anilines is 1. The van der Waals surface area contributed by atoms with Gasteiger partial charge >= 0.3 is 0 Å². The van der Waals surface area contributed by atoms with Crippen LogP contribution in [-0.2, 0) is 6.42 Å². The predicted molar refractivity (Wildman–Crippen MR) is 55.8 cm³/mol. The molecule has 0 amide bonds. The largest absolute Gasteiger partial charge is 0.384 e. The normalized spacial score (nSPS) is 10.2. The molecule has 0 fully saturated rings. The lowest BCUT2D eigenvalue weighted by molar-refractivity contribution is 1.18. The Kier molecular flexibility index (Phi) is 2.27. The van der Waals surface area contributed by atoms with Crippen molar-refractivity contribution < 1.29 is 0 Å². The van der Waals surface area contributed by atoms with Crippen LogP contribution in [0.1, 0.15) is 11.1 Å². The van der Waals surface area contributed by atoms with E-state index in [4.69, 9.17) is 5.73 Å². The van der Waals surface area contributed by atoms with Gasteiger partial charge in [0.2, 0.25) is 0 Å². The van der Waals surface area contributed by atoms with Gasteiger partial charge in [-0.3, -0.25) is 0 Å². The van der Waals surface area contributed by atoms with E-state index < -0.39 is 0 Å². The highest BCUT2D eigenvalue weighted by molar-refractivity contribution is 7.07. The van der Waals surface area contributed by atoms with Crippen molar-refractivity contribution in [2.24, 2.45) is 0 Å². The van der Waals surface area contributed by atoms with Crippen molar-refractivity contribution in [2.75, 3.05) is 5.73 Å². The Labute approximate surface area is 81.1 Å². The molecule has 0 saturated heterocycles. The second kappa shape index (κ2) is 3.58. The lowest BCUT2D eigenvalue weighted by atomic mass is 10.1. The van der Waals surface area contributed by atoms with Gasteiger partial charge in [-0.25, -0.2) is 4.98 Å². The summed E-state index contributed by atoms with van der Waals surface area (Å²) in [6, 6.07) is 6.03. The molecule has 0 unspecified atom stereocenters. The zero-order chi connectivity index (χ0) is 9.10. The van der Waals surface area contributed by atoms with Gasteiger partial charge in [-0.1, -0.05) is 0 Å². The number of pyridine rings is 1. The summed E-state index contributed by atoms with van der Waals surface area (Å²) >= 11 is 1.72. The summed E-state index contributed by atoms with van der Waals surface area (Å²) in [5.41, 5.74) is 8.12. The van der Waals surface area contributed by atoms with Crippen molar-refractivity contribution in [1.82, 2.24) is 4.98 Å². The van der Waals surface area contributed by atoms with Crippen LogP contribution in [0.4, 0.5) is 5.82 Å². The minimum absolute atomic E-state index is 0.590. The summed E-state index contributed by atoms with van der Waals surface area (Å²) in [5, 5.41) is 4.23. The predicted octanol–water partition coefficient (Wildman–Crippen LogP) is 2.32. The van der Waals surface area contributed by atoms with Gasteiger partial charge < -0.3 is 5.73 Å². The molecule has 2 N–H and O–H groups in total. The molecule has 0 aliphatic carbocycles. The molecule has 0 aliphatic heterocycles. The standard InChI is InChI=1S/C10H10N2S/c11-10-6-8(1-3-12-10)5-9-2-4-13-7-9/h1-4,6-7H,5H2,(H2,11,12). The van der Waals surface area contributed by atoms with Gasteiger partial charge in [-0.2, -0.15) is 11.3 Å². The second-order valence-corrected chi connectivity index (χ2v) is 3.68. The molecule has 13 heavy (non-hydrogen) atoms. The lowest BCUT2D eigenvalue weighted by Gasteiger charge is -1.99. The first-order valence-corrected chi connectivity index (χ1v) is 5.00. The van der Waals surface area contributed by atoms with Gasteiger partial charge in [0.25, 0.3) is 0 Å². The number of hydrogen-bond donors (Lipinski definition) is 1. The van der Waals surface area contributed by atoms with Crippen molar-refractivity contribution in [3.8, 4) is 0 Å². The number of nitrogens with zero attached hydrogens (tertiary/aromatic N) is 1. The number of rotatable bonds is 2. The van der Waals surface area contributed by atoms with E-state index >= 15 is 0 Å². The van der Waals surface area contributed by atoms with E-state index in [1.54, 1.807) is 17.5 Å². The molecule has 0 aromatic carbocycles. The number of hydrogen-bond acceptors (Lipinski definition) is 3. The van der Waals surface area contributed by atoms with Crippen LogP contribution in [0.15, 0.2) is 35.2 Å². The molecule has 0 atom stereocenters. The van der Waals surface area contributed by atoms with Crippen LogP contribution in [0.5, 0.6) is 0 Å². The van der Waals surface area contributed by atoms with Gasteiger partial charge in [-0.05, 0) is 46.5 Å². The van der Waals surface area contributed by atoms with E-state index in [1.807, 2.05) is 12.1 Å². The monoisotopic (exact) mass is 190 g/mol. The van der Waals surface area contributed by atoms with E-state index in [0.29, 0.717) is 5.82 Å². The third-order valence-corrected chi connectivity index (χ3v) is 2.57. The molecule has 0 aliphatic rings. The van der Waals surface area contributed by atoms with Crippen LogP contribution >= 0.6 is 11.3 Å². The smallest absolute Gasteiger partial charge is 0.123 e. The summed E-state index contributed by atoms with van der Waals surface area (Å²) < 4.78 is 0. The summed E-state index contributed by atoms with van der Waals surface area (Å²) in [5.74, 6) is 0.590. The summed E-state index contributed by atoms with van der Waals surface area (Å²) in [6.07, 6.45) is 2.69. The average molecular weight is 190 g/mol. The zero-order valence-corrected chi connectivity index (χ0v) is 7.92. The van der Waals surface area contributed by atoms with Gasteiger partial charge in [0.05, 0.1) is 0 Å². The highest BCUT2D eigenvalue weighted by atomic mass is 32.1. The quantitative estimate of drug-likeness (QED) is 0.789. The van der Waals surface area contributed by atoms with E-state index in [0.717, 1.165) is 6.42 Å². The highest BCUT2D eigenvalue weighted by Gasteiger charge is 1.96. The fourth-order valence-corrected chi connectivity index (χ4v) is 1.90. The first-order chi connectivity index (χ1) is 6.34. The minimum Gasteiger partial charge on any atom is -0.384 e. The van der Waals surface area contributed by atoms with Gasteiger partial charge in [0.1, 0.15) is 5.82 Å². The molecule has 66 valence electrons. The Morgan fingerprint density at radius 1 is 1.31 bits per heavy atom. The number of thiophene rings is 1. The summed E-state index contributed by atoms with van der Waals surface area (Å²) in [4.78, 5) is 3.95. The Hall–Kier alpha value is -1.35. The Morgan fingerprint density at radius 3 is 2.92 bits per heavy atom. The molecule has 3 heteroatoms. The molecule has 0 spiro atoms. The first-order valence-electron chi connectivity index (χ1n) is 4.06. The number of nitrogen functional groups attached to an aromatic ring is 1. The van der Waals surface area contributed by atoms with Crippen LogP contribution in [0.2, 0.25) is 0 Å². The van der Waals surface area contributed by atoms with E-state index in [2.05, 4.69) is 21.8 Å². The molecular formula is C10H10N2S. The minimum atomic E-state index is 0.590. The van der Waals surface area contributed by atoms with Crippen LogP contribution in [0.3, 0.4) is 0 Å². The molecular weight excluding hydrogens is 180 g/mol. The third-order valence-electron chi connectivity index (χ3n) is 1.83. The maximum Gasteiger partial charge on any atom is 0.123 e. The fraction of sp³-hybridized carbons (Fsp3) is 0.100. The molecule has 2 aromatic rings. The number of aromatic nitrogens is 1. The third kappa shape index (κ3) is 2.06. The van der Waals surface area contributed by atoms with Crippen LogP contribution < -0.4 is 5.73 Å². The Balaban J connectivity index is 2.19. The van der Waals surface area contributed by atoms with Gasteiger partial charge in [-0.15, -0.1) is 0 Å². The van der Waals surface area contributed by atoms with Crippen LogP contribution in [0, 0.1) is 0 Å². The van der Waals surface area contributed by atoms with Crippen molar-refractivity contribution in [1.29, 1.82) is 0 Å². The van der Waals surface area contributed by atoms with Crippen molar-refractivity contribution in [3.63, 3.8) is 0 Å². The molecule has 2 nitrogen and oxygen atoms in total. The van der Waals surface area contributed by atoms with Crippen LogP contribution in [0.25, 0.3) is 0 Å². The molecule has 2 aromatic heterocycles. The Morgan fingerprint density at radius 2 is 2.23 bits per heavy atom. The van der Waals surface area contributed by atoms with E-state index in [9.17, 15) is 0 Å². The summed E-state index contributed by atoms with van der Waals surface area (Å²) in [6.45, 7) is 0. The SMILES string of the molecule is Nc1cc(Cc2ccsc2)ccn1. The zero-order valence-electron chi connectivity index (χ0n) is 7.10. The molecule has 2 heterocycles. The topological polar surface area (TPSA) is 38.9 Å². The maximum absolute atomic E-state index is 5.58. The van der Waals surface area contributed by atoms with Crippen molar-refractivity contribution >= 4 is 17.2 Å². The molecule has 0 radical (unpaired) electrons. The summed E-state index contributed by atoms with van der Waals surface area (Å²) in [7, 11) is 0. The molecule has 0 saturated carbocycles. The second-order valence-electron chi connectivity index (χ2n) is 2.90. The average Bonchev–Trinajstić information content (AvgIpc) is 2.57. The van der Waals surface area contributed by atoms with Crippen LogP contribution in [-0.4, -0.2) is 4.98 Å². The lowest BCUT2D eigenvalue weighted by Crippen LogP contribution is -1.92.